The summed E-state index contributed by atoms with van der Waals surface area (Å²) < 4.78 is 57.6. The van der Waals surface area contributed by atoms with Gasteiger partial charge in [-0.3, -0.25) is 4.72 Å². The van der Waals surface area contributed by atoms with E-state index in [1.807, 2.05) is 0 Å². The molecule has 0 spiro atoms. The van der Waals surface area contributed by atoms with Crippen LogP contribution in [0.25, 0.3) is 33.2 Å². The number of anilines is 1. The summed E-state index contributed by atoms with van der Waals surface area (Å²) in [7, 11) is -1.10. The lowest BCUT2D eigenvalue weighted by Gasteiger charge is -2.15. The molecule has 5 rings (SSSR count). The van der Waals surface area contributed by atoms with Crippen LogP contribution in [0.5, 0.6) is 11.6 Å². The first-order chi connectivity index (χ1) is 17.8. The number of rotatable bonds is 7. The lowest BCUT2D eigenvalue weighted by Crippen LogP contribution is -2.13. The van der Waals surface area contributed by atoms with Crippen LogP contribution in [-0.4, -0.2) is 38.0 Å². The number of ether oxygens (including phenoxy) is 2. The molecule has 0 radical (unpaired) electrons. The van der Waals surface area contributed by atoms with E-state index in [9.17, 15) is 12.8 Å². The molecule has 3 aromatic carbocycles. The molecule has 37 heavy (non-hydrogen) atoms. The molecule has 0 aliphatic carbocycles. The Morgan fingerprint density at radius 1 is 0.946 bits per heavy atom. The highest BCUT2D eigenvalue weighted by molar-refractivity contribution is 7.92. The van der Waals surface area contributed by atoms with E-state index < -0.39 is 15.8 Å². The van der Waals surface area contributed by atoms with Crippen molar-refractivity contribution in [3.8, 4) is 34.0 Å². The van der Waals surface area contributed by atoms with Gasteiger partial charge in [0.15, 0.2) is 5.82 Å². The Labute approximate surface area is 215 Å². The maximum absolute atomic E-state index is 13.8. The van der Waals surface area contributed by atoms with Gasteiger partial charge in [0.1, 0.15) is 23.5 Å². The third kappa shape index (κ3) is 4.66. The minimum atomic E-state index is -3.99. The zero-order chi connectivity index (χ0) is 26.2. The second kappa shape index (κ2) is 9.68. The number of aromatic nitrogens is 3. The average molecular weight is 541 g/mol. The maximum Gasteiger partial charge on any atom is 0.263 e. The highest BCUT2D eigenvalue weighted by Crippen LogP contribution is 2.42. The molecule has 0 fully saturated rings. The summed E-state index contributed by atoms with van der Waals surface area (Å²) in [5.41, 5.74) is 2.03. The van der Waals surface area contributed by atoms with Gasteiger partial charge in [-0.1, -0.05) is 35.0 Å². The SMILES string of the molecule is COc1cc(-c2cccc(F)c2)c(Cl)cc1-c1nnc(OC)c2cc(S(=O)(=O)Nc3ccon3)ccc12. The van der Waals surface area contributed by atoms with Crippen LogP contribution in [0.4, 0.5) is 10.2 Å². The normalized spacial score (nSPS) is 11.5. The Morgan fingerprint density at radius 2 is 1.78 bits per heavy atom. The molecule has 0 saturated heterocycles. The first-order valence-electron chi connectivity index (χ1n) is 10.7. The Hall–Kier alpha value is -4.22. The molecular weight excluding hydrogens is 523 g/mol. The van der Waals surface area contributed by atoms with Crippen LogP contribution in [-0.2, 0) is 10.0 Å². The van der Waals surface area contributed by atoms with Gasteiger partial charge in [0.05, 0.1) is 19.1 Å². The molecule has 1 N–H and O–H groups in total. The van der Waals surface area contributed by atoms with Gasteiger partial charge in [0.25, 0.3) is 10.0 Å². The van der Waals surface area contributed by atoms with Gasteiger partial charge in [0.2, 0.25) is 5.88 Å². The summed E-state index contributed by atoms with van der Waals surface area (Å²) in [4.78, 5) is -0.0494. The minimum absolute atomic E-state index is 0.0402. The van der Waals surface area contributed by atoms with Crippen LogP contribution in [0.3, 0.4) is 0 Å². The van der Waals surface area contributed by atoms with Crippen LogP contribution in [0.1, 0.15) is 0 Å². The van der Waals surface area contributed by atoms with Crippen molar-refractivity contribution >= 4 is 38.2 Å². The van der Waals surface area contributed by atoms with E-state index >= 15 is 0 Å². The summed E-state index contributed by atoms with van der Waals surface area (Å²) >= 11 is 6.61. The standard InChI is InChI=1S/C25H18ClFN4O5S/c1-34-22-13-18(14-4-3-5-15(27)10-14)21(26)12-20(22)24-17-7-6-16(11-19(17)25(35-2)29-28-24)37(32,33)31-23-8-9-36-30-23/h3-13H,1-2H3,(H,30,31). The maximum atomic E-state index is 13.8. The third-order valence-corrected chi connectivity index (χ3v) is 7.24. The summed E-state index contributed by atoms with van der Waals surface area (Å²) in [5.74, 6) is 0.179. The fourth-order valence-corrected chi connectivity index (χ4v) is 5.16. The second-order valence-electron chi connectivity index (χ2n) is 7.80. The van der Waals surface area contributed by atoms with Gasteiger partial charge in [-0.2, -0.15) is 0 Å². The van der Waals surface area contributed by atoms with Crippen LogP contribution in [0.2, 0.25) is 5.02 Å². The van der Waals surface area contributed by atoms with Gasteiger partial charge < -0.3 is 14.0 Å². The third-order valence-electron chi connectivity index (χ3n) is 5.58. The number of halogens is 2. The highest BCUT2D eigenvalue weighted by atomic mass is 35.5. The molecule has 5 aromatic rings. The van der Waals surface area contributed by atoms with Crippen LogP contribution in [0.15, 0.2) is 76.3 Å². The van der Waals surface area contributed by atoms with E-state index in [1.165, 1.54) is 50.8 Å². The molecule has 0 aliphatic heterocycles. The monoisotopic (exact) mass is 540 g/mol. The summed E-state index contributed by atoms with van der Waals surface area (Å²) in [6, 6.07) is 15.2. The van der Waals surface area contributed by atoms with E-state index in [-0.39, 0.29) is 16.6 Å². The number of nitrogens with one attached hydrogen (secondary N) is 1. The fraction of sp³-hybridized carbons (Fsp3) is 0.0800. The number of nitrogens with zero attached hydrogens (tertiary/aromatic N) is 3. The van der Waals surface area contributed by atoms with Gasteiger partial charge in [-0.05, 0) is 42.0 Å². The van der Waals surface area contributed by atoms with Gasteiger partial charge >= 0.3 is 0 Å². The van der Waals surface area contributed by atoms with Crippen molar-refractivity contribution in [1.82, 2.24) is 15.4 Å². The summed E-state index contributed by atoms with van der Waals surface area (Å²) in [5, 5.41) is 13.3. The molecular formula is C25H18ClFN4O5S. The van der Waals surface area contributed by atoms with Crippen molar-refractivity contribution in [2.45, 2.75) is 4.90 Å². The zero-order valence-electron chi connectivity index (χ0n) is 19.4. The average Bonchev–Trinajstić information content (AvgIpc) is 3.40. The minimum Gasteiger partial charge on any atom is -0.496 e. The molecule has 0 bridgehead atoms. The molecule has 2 aromatic heterocycles. The topological polar surface area (TPSA) is 116 Å². The van der Waals surface area contributed by atoms with E-state index in [0.29, 0.717) is 43.9 Å². The van der Waals surface area contributed by atoms with E-state index in [4.69, 9.17) is 21.1 Å². The fourth-order valence-electron chi connectivity index (χ4n) is 3.87. The molecule has 2 heterocycles. The molecule has 0 amide bonds. The van der Waals surface area contributed by atoms with Crippen molar-refractivity contribution < 1.29 is 26.8 Å². The molecule has 9 nitrogen and oxygen atoms in total. The number of benzene rings is 3. The number of fused-ring (bicyclic) bond motifs is 1. The molecule has 0 aliphatic rings. The van der Waals surface area contributed by atoms with Gasteiger partial charge in [0, 0.05) is 33.0 Å². The van der Waals surface area contributed by atoms with E-state index in [1.54, 1.807) is 30.3 Å². The lowest BCUT2D eigenvalue weighted by molar-refractivity contribution is 0.397. The van der Waals surface area contributed by atoms with Crippen molar-refractivity contribution in [3.63, 3.8) is 0 Å². The highest BCUT2D eigenvalue weighted by Gasteiger charge is 2.22. The van der Waals surface area contributed by atoms with Crippen LogP contribution >= 0.6 is 11.6 Å². The van der Waals surface area contributed by atoms with Crippen molar-refractivity contribution in [3.05, 3.63) is 77.8 Å². The second-order valence-corrected chi connectivity index (χ2v) is 9.89. The smallest absolute Gasteiger partial charge is 0.263 e. The number of methoxy groups -OCH3 is 2. The Bertz CT molecular complexity index is 1730. The molecule has 12 heteroatoms. The first kappa shape index (κ1) is 24.5. The van der Waals surface area contributed by atoms with Crippen molar-refractivity contribution in [2.75, 3.05) is 18.9 Å². The van der Waals surface area contributed by atoms with Crippen molar-refractivity contribution in [2.24, 2.45) is 0 Å². The lowest BCUT2D eigenvalue weighted by atomic mass is 9.99. The Balaban J connectivity index is 1.66. The summed E-state index contributed by atoms with van der Waals surface area (Å²) in [6.45, 7) is 0. The number of sulfonamides is 1. The van der Waals surface area contributed by atoms with Crippen molar-refractivity contribution in [1.29, 1.82) is 0 Å². The van der Waals surface area contributed by atoms with Crippen LogP contribution < -0.4 is 14.2 Å². The molecule has 0 atom stereocenters. The largest absolute Gasteiger partial charge is 0.496 e. The Morgan fingerprint density at radius 3 is 2.49 bits per heavy atom. The summed E-state index contributed by atoms with van der Waals surface area (Å²) in [6.07, 6.45) is 1.25. The molecule has 0 unspecified atom stereocenters. The van der Waals surface area contributed by atoms with E-state index in [0.717, 1.165) is 0 Å². The van der Waals surface area contributed by atoms with E-state index in [2.05, 4.69) is 24.6 Å². The molecule has 188 valence electrons. The first-order valence-corrected chi connectivity index (χ1v) is 12.6. The van der Waals surface area contributed by atoms with Gasteiger partial charge in [-0.15, -0.1) is 10.2 Å². The zero-order valence-corrected chi connectivity index (χ0v) is 21.0. The number of hydrogen-bond acceptors (Lipinski definition) is 8. The van der Waals surface area contributed by atoms with Gasteiger partial charge in [-0.25, -0.2) is 12.8 Å². The molecule has 0 saturated carbocycles. The van der Waals surface area contributed by atoms with Crippen LogP contribution in [0, 0.1) is 5.82 Å². The number of hydrogen-bond donors (Lipinski definition) is 1. The quantitative estimate of drug-likeness (QED) is 0.285. The predicted octanol–water partition coefficient (Wildman–Crippen LogP) is 5.56. The Kier molecular flexibility index (Phi) is 6.40. The predicted molar refractivity (Wildman–Crippen MR) is 136 cm³/mol.